The summed E-state index contributed by atoms with van der Waals surface area (Å²) in [6.07, 6.45) is 1.52. The fraction of sp³-hybridized carbons (Fsp3) is 0.111. The molecule has 26 heavy (non-hydrogen) atoms. The van der Waals surface area contributed by atoms with Gasteiger partial charge in [0.2, 0.25) is 9.84 Å². The number of nitrogens with zero attached hydrogens (tertiary/aromatic N) is 1. The van der Waals surface area contributed by atoms with E-state index in [2.05, 4.69) is 10.3 Å². The molecule has 0 aliphatic carbocycles. The van der Waals surface area contributed by atoms with E-state index in [1.807, 2.05) is 0 Å². The van der Waals surface area contributed by atoms with E-state index in [0.717, 1.165) is 0 Å². The van der Waals surface area contributed by atoms with Crippen molar-refractivity contribution in [3.05, 3.63) is 60.3 Å². The minimum atomic E-state index is -3.93. The summed E-state index contributed by atoms with van der Waals surface area (Å²) in [4.78, 5) is 16.7. The van der Waals surface area contributed by atoms with Crippen molar-refractivity contribution in [1.29, 1.82) is 0 Å². The number of benzene rings is 2. The lowest BCUT2D eigenvalue weighted by Gasteiger charge is -2.09. The van der Waals surface area contributed by atoms with Crippen LogP contribution in [0.15, 0.2) is 59.6 Å². The highest BCUT2D eigenvalue weighted by atomic mass is 32.2. The zero-order chi connectivity index (χ0) is 18.7. The van der Waals surface area contributed by atoms with Crippen molar-refractivity contribution in [3.8, 4) is 5.75 Å². The molecule has 8 heteroatoms. The third kappa shape index (κ3) is 3.50. The number of ether oxygens (including phenoxy) is 1. The van der Waals surface area contributed by atoms with Crippen LogP contribution >= 0.6 is 0 Å². The van der Waals surface area contributed by atoms with Crippen LogP contribution in [0.2, 0.25) is 0 Å². The number of carbonyl (C=O) groups excluding carboxylic acids is 1. The molecule has 1 amide bonds. The lowest BCUT2D eigenvalue weighted by atomic mass is 10.1. The van der Waals surface area contributed by atoms with Gasteiger partial charge < -0.3 is 10.1 Å². The van der Waals surface area contributed by atoms with E-state index in [4.69, 9.17) is 4.74 Å². The molecular weight excluding hydrogens is 359 g/mol. The Hall–Kier alpha value is -3.00. The number of hydrogen-bond donors (Lipinski definition) is 1. The Kier molecular flexibility index (Phi) is 4.85. The zero-order valence-electron chi connectivity index (χ0n) is 13.8. The first kappa shape index (κ1) is 17.8. The van der Waals surface area contributed by atoms with Gasteiger partial charge in [0.15, 0.2) is 6.01 Å². The topological polar surface area (TPSA) is 85.4 Å². The smallest absolute Gasteiger partial charge is 0.256 e. The van der Waals surface area contributed by atoms with E-state index in [9.17, 15) is 17.6 Å². The Morgan fingerprint density at radius 1 is 1.15 bits per heavy atom. The first-order chi connectivity index (χ1) is 12.4. The van der Waals surface area contributed by atoms with Crippen LogP contribution in [0.1, 0.15) is 10.4 Å². The number of aromatic nitrogens is 1. The van der Waals surface area contributed by atoms with Crippen LogP contribution in [0.4, 0.5) is 10.1 Å². The molecule has 0 aliphatic heterocycles. The number of fused-ring (bicyclic) bond motifs is 1. The number of sulfone groups is 1. The highest BCUT2D eigenvalue weighted by molar-refractivity contribution is 7.91. The van der Waals surface area contributed by atoms with Gasteiger partial charge in [0.25, 0.3) is 5.91 Å². The molecule has 1 N–H and O–H groups in total. The van der Waals surface area contributed by atoms with Gasteiger partial charge in [0.1, 0.15) is 5.75 Å². The Labute approximate surface area is 149 Å². The van der Waals surface area contributed by atoms with E-state index in [-0.39, 0.29) is 10.8 Å². The Morgan fingerprint density at radius 2 is 1.88 bits per heavy atom. The van der Waals surface area contributed by atoms with Gasteiger partial charge in [-0.25, -0.2) is 12.8 Å². The van der Waals surface area contributed by atoms with Crippen LogP contribution in [0, 0.1) is 0 Å². The van der Waals surface area contributed by atoms with Crippen molar-refractivity contribution in [2.24, 2.45) is 0 Å². The minimum absolute atomic E-state index is 0.139. The maximum absolute atomic E-state index is 12.6. The summed E-state index contributed by atoms with van der Waals surface area (Å²) in [6.45, 7) is 0. The van der Waals surface area contributed by atoms with Crippen molar-refractivity contribution in [1.82, 2.24) is 4.98 Å². The summed E-state index contributed by atoms with van der Waals surface area (Å²) in [5, 5.41) is 3.34. The van der Waals surface area contributed by atoms with E-state index in [0.29, 0.717) is 27.9 Å². The molecule has 0 saturated carbocycles. The van der Waals surface area contributed by atoms with Crippen molar-refractivity contribution in [2.75, 3.05) is 18.4 Å². The summed E-state index contributed by atoms with van der Waals surface area (Å²) in [5.74, 6) is 0.260. The van der Waals surface area contributed by atoms with Gasteiger partial charge in [-0.3, -0.25) is 9.78 Å². The highest BCUT2D eigenvalue weighted by Crippen LogP contribution is 2.23. The average molecular weight is 374 g/mol. The highest BCUT2D eigenvalue weighted by Gasteiger charge is 2.15. The van der Waals surface area contributed by atoms with E-state index < -0.39 is 15.8 Å². The molecular formula is C18H15FN2O4S. The molecule has 0 bridgehead atoms. The molecule has 0 atom stereocenters. The third-order valence-corrected chi connectivity index (χ3v) is 5.09. The summed E-state index contributed by atoms with van der Waals surface area (Å²) in [7, 11) is -2.38. The van der Waals surface area contributed by atoms with Crippen molar-refractivity contribution < 1.29 is 22.3 Å². The lowest BCUT2D eigenvalue weighted by Crippen LogP contribution is -2.13. The number of anilines is 1. The number of methoxy groups -OCH3 is 1. The second-order valence-electron chi connectivity index (χ2n) is 5.44. The molecule has 1 heterocycles. The zero-order valence-corrected chi connectivity index (χ0v) is 14.6. The second-order valence-corrected chi connectivity index (χ2v) is 7.36. The van der Waals surface area contributed by atoms with Gasteiger partial charge in [-0.1, -0.05) is 0 Å². The van der Waals surface area contributed by atoms with Gasteiger partial charge in [-0.15, -0.1) is 0 Å². The number of amides is 1. The van der Waals surface area contributed by atoms with Crippen LogP contribution in [-0.4, -0.2) is 32.4 Å². The molecule has 3 aromatic rings. The molecule has 0 radical (unpaired) electrons. The number of halogens is 1. The molecule has 2 aromatic carbocycles. The molecule has 6 nitrogen and oxygen atoms in total. The maximum atomic E-state index is 12.6. The summed E-state index contributed by atoms with van der Waals surface area (Å²) < 4.78 is 40.6. The molecule has 3 rings (SSSR count). The van der Waals surface area contributed by atoms with Crippen LogP contribution in [0.3, 0.4) is 0 Å². The number of carbonyl (C=O) groups is 1. The van der Waals surface area contributed by atoms with Gasteiger partial charge in [-0.2, -0.15) is 0 Å². The quantitative estimate of drug-likeness (QED) is 0.741. The minimum Gasteiger partial charge on any atom is -0.497 e. The number of rotatable bonds is 5. The fourth-order valence-corrected chi connectivity index (χ4v) is 3.14. The Balaban J connectivity index is 1.88. The normalized spacial score (nSPS) is 11.3. The van der Waals surface area contributed by atoms with E-state index in [1.165, 1.54) is 30.5 Å². The van der Waals surface area contributed by atoms with Crippen molar-refractivity contribution >= 4 is 32.3 Å². The SMILES string of the molecule is COc1ccc2c(C(=O)Nc3ccc(S(=O)(=O)CF)cc3)ccnc2c1. The molecule has 0 unspecified atom stereocenters. The molecule has 1 aromatic heterocycles. The standard InChI is InChI=1S/C18H15FN2O4S/c1-25-13-4-7-15-16(8-9-20-17(15)10-13)18(22)21-12-2-5-14(6-3-12)26(23,24)11-19/h2-10H,11H2,1H3,(H,21,22). The van der Waals surface area contributed by atoms with Crippen LogP contribution < -0.4 is 10.1 Å². The first-order valence-corrected chi connectivity index (χ1v) is 9.23. The predicted molar refractivity (Wildman–Crippen MR) is 95.9 cm³/mol. The second kappa shape index (κ2) is 7.09. The molecule has 0 spiro atoms. The van der Waals surface area contributed by atoms with Gasteiger partial charge in [0.05, 0.1) is 23.1 Å². The van der Waals surface area contributed by atoms with Crippen molar-refractivity contribution in [3.63, 3.8) is 0 Å². The number of pyridine rings is 1. The fourth-order valence-electron chi connectivity index (χ4n) is 2.46. The third-order valence-electron chi connectivity index (χ3n) is 3.81. The Bertz CT molecular complexity index is 1070. The van der Waals surface area contributed by atoms with E-state index >= 15 is 0 Å². The Morgan fingerprint density at radius 3 is 2.54 bits per heavy atom. The monoisotopic (exact) mass is 374 g/mol. The lowest BCUT2D eigenvalue weighted by molar-refractivity contribution is 0.102. The predicted octanol–water partition coefficient (Wildman–Crippen LogP) is 3.20. The molecule has 0 saturated heterocycles. The largest absolute Gasteiger partial charge is 0.497 e. The van der Waals surface area contributed by atoms with Gasteiger partial charge in [0, 0.05) is 23.3 Å². The molecule has 0 fully saturated rings. The molecule has 134 valence electrons. The van der Waals surface area contributed by atoms with Crippen LogP contribution in [0.5, 0.6) is 5.75 Å². The van der Waals surface area contributed by atoms with Crippen molar-refractivity contribution in [2.45, 2.75) is 4.90 Å². The number of nitrogens with one attached hydrogen (secondary N) is 1. The summed E-state index contributed by atoms with van der Waals surface area (Å²) >= 11 is 0. The van der Waals surface area contributed by atoms with Crippen LogP contribution in [-0.2, 0) is 9.84 Å². The summed E-state index contributed by atoms with van der Waals surface area (Å²) in [6, 6.07) is 10.6. The number of alkyl halides is 1. The summed E-state index contributed by atoms with van der Waals surface area (Å²) in [5.41, 5.74) is 1.42. The van der Waals surface area contributed by atoms with Gasteiger partial charge in [-0.05, 0) is 42.5 Å². The maximum Gasteiger partial charge on any atom is 0.256 e. The average Bonchev–Trinajstić information content (AvgIpc) is 2.67. The van der Waals surface area contributed by atoms with Crippen LogP contribution in [0.25, 0.3) is 10.9 Å². The molecule has 0 aliphatic rings. The number of hydrogen-bond acceptors (Lipinski definition) is 5. The van der Waals surface area contributed by atoms with E-state index in [1.54, 1.807) is 31.4 Å². The van der Waals surface area contributed by atoms with Gasteiger partial charge >= 0.3 is 0 Å². The first-order valence-electron chi connectivity index (χ1n) is 7.57.